The molecule has 0 aliphatic carbocycles. The zero-order valence-electron chi connectivity index (χ0n) is 12.4. The first kappa shape index (κ1) is 15.5. The summed E-state index contributed by atoms with van der Waals surface area (Å²) in [7, 11) is 1.69. The Morgan fingerprint density at radius 2 is 2.05 bits per heavy atom. The lowest BCUT2D eigenvalue weighted by Gasteiger charge is -2.21. The van der Waals surface area contributed by atoms with Gasteiger partial charge in [-0.1, -0.05) is 32.9 Å². The predicted octanol–water partition coefficient (Wildman–Crippen LogP) is 1.74. The van der Waals surface area contributed by atoms with Crippen LogP contribution in [0.5, 0.6) is 5.75 Å². The Kier molecular flexibility index (Phi) is 4.95. The maximum Gasteiger partial charge on any atom is 0.238 e. The number of hydrogen-bond donors (Lipinski definition) is 2. The highest BCUT2D eigenvalue weighted by molar-refractivity contribution is 5.80. The quantitative estimate of drug-likeness (QED) is 0.851. The summed E-state index contributed by atoms with van der Waals surface area (Å²) >= 11 is 0. The summed E-state index contributed by atoms with van der Waals surface area (Å²) < 4.78 is 5.66. The molecule has 106 valence electrons. The molecule has 19 heavy (non-hydrogen) atoms. The largest absolute Gasteiger partial charge is 0.491 e. The molecule has 4 nitrogen and oxygen atoms in total. The normalized spacial score (nSPS) is 13.1. The van der Waals surface area contributed by atoms with E-state index in [1.807, 2.05) is 13.0 Å². The van der Waals surface area contributed by atoms with Crippen LogP contribution in [-0.4, -0.2) is 25.6 Å². The molecule has 1 rings (SSSR count). The lowest BCUT2D eigenvalue weighted by atomic mass is 9.86. The van der Waals surface area contributed by atoms with Gasteiger partial charge in [-0.15, -0.1) is 0 Å². The van der Waals surface area contributed by atoms with E-state index in [9.17, 15) is 4.79 Å². The van der Waals surface area contributed by atoms with Gasteiger partial charge in [0.1, 0.15) is 18.4 Å². The second-order valence-corrected chi connectivity index (χ2v) is 5.78. The van der Waals surface area contributed by atoms with Crippen molar-refractivity contribution < 1.29 is 9.53 Å². The van der Waals surface area contributed by atoms with E-state index in [1.54, 1.807) is 7.05 Å². The molecule has 1 atom stereocenters. The van der Waals surface area contributed by atoms with E-state index in [1.165, 1.54) is 5.56 Å². The number of nitrogens with one attached hydrogen (secondary N) is 1. The number of hydrogen-bond acceptors (Lipinski definition) is 3. The molecule has 0 spiro atoms. The van der Waals surface area contributed by atoms with Gasteiger partial charge in [0.15, 0.2) is 0 Å². The van der Waals surface area contributed by atoms with Crippen LogP contribution in [0.2, 0.25) is 0 Å². The summed E-state index contributed by atoms with van der Waals surface area (Å²) in [5.41, 5.74) is 7.69. The minimum Gasteiger partial charge on any atom is -0.491 e. The van der Waals surface area contributed by atoms with Crippen molar-refractivity contribution in [1.82, 2.24) is 5.32 Å². The van der Waals surface area contributed by atoms with Crippen LogP contribution in [-0.2, 0) is 10.2 Å². The molecule has 0 aromatic heterocycles. The van der Waals surface area contributed by atoms with Gasteiger partial charge < -0.3 is 15.8 Å². The summed E-state index contributed by atoms with van der Waals surface area (Å²) in [6, 6.07) is 5.65. The molecular weight excluding hydrogens is 240 g/mol. The second-order valence-electron chi connectivity index (χ2n) is 5.78. The van der Waals surface area contributed by atoms with E-state index in [0.717, 1.165) is 11.3 Å². The van der Waals surface area contributed by atoms with E-state index in [-0.39, 0.29) is 12.0 Å². The van der Waals surface area contributed by atoms with Crippen molar-refractivity contribution >= 4 is 5.91 Å². The molecule has 1 amide bonds. The SMILES string of the molecule is CNC(COc1ccc(C(C)(C)C)cc1C)C(N)=O. The number of likely N-dealkylation sites (N-methyl/N-ethyl adjacent to an activating group) is 1. The number of benzene rings is 1. The van der Waals surface area contributed by atoms with Crippen LogP contribution >= 0.6 is 0 Å². The molecule has 0 radical (unpaired) electrons. The van der Waals surface area contributed by atoms with Crippen molar-refractivity contribution in [2.45, 2.75) is 39.2 Å². The van der Waals surface area contributed by atoms with Crippen LogP contribution in [0.1, 0.15) is 31.9 Å². The van der Waals surface area contributed by atoms with E-state index in [0.29, 0.717) is 0 Å². The lowest BCUT2D eigenvalue weighted by molar-refractivity contribution is -0.120. The zero-order chi connectivity index (χ0) is 14.6. The van der Waals surface area contributed by atoms with Crippen molar-refractivity contribution in [3.8, 4) is 5.75 Å². The Morgan fingerprint density at radius 1 is 1.42 bits per heavy atom. The minimum absolute atomic E-state index is 0.115. The first-order valence-electron chi connectivity index (χ1n) is 6.46. The van der Waals surface area contributed by atoms with Crippen LogP contribution in [0.4, 0.5) is 0 Å². The number of amides is 1. The number of ether oxygens (including phenoxy) is 1. The summed E-state index contributed by atoms with van der Waals surface area (Å²) in [4.78, 5) is 11.1. The fourth-order valence-corrected chi connectivity index (χ4v) is 1.76. The molecule has 0 fully saturated rings. The standard InChI is InChI=1S/C15H24N2O2/c1-10-8-11(15(2,3)4)6-7-13(10)19-9-12(17-5)14(16)18/h6-8,12,17H,9H2,1-5H3,(H2,16,18). The number of aryl methyl sites for hydroxylation is 1. The molecule has 3 N–H and O–H groups in total. The molecule has 1 unspecified atom stereocenters. The summed E-state index contributed by atoms with van der Waals surface area (Å²) in [6.45, 7) is 8.76. The van der Waals surface area contributed by atoms with Crippen molar-refractivity contribution in [3.63, 3.8) is 0 Å². The third kappa shape index (κ3) is 4.24. The van der Waals surface area contributed by atoms with Crippen molar-refractivity contribution in [2.24, 2.45) is 5.73 Å². The van der Waals surface area contributed by atoms with Gasteiger partial charge in [-0.3, -0.25) is 4.79 Å². The van der Waals surface area contributed by atoms with Crippen LogP contribution in [0, 0.1) is 6.92 Å². The van der Waals surface area contributed by atoms with Crippen molar-refractivity contribution in [1.29, 1.82) is 0 Å². The summed E-state index contributed by atoms with van der Waals surface area (Å²) in [5.74, 6) is 0.376. The Labute approximate surface area is 115 Å². The van der Waals surface area contributed by atoms with Crippen molar-refractivity contribution in [3.05, 3.63) is 29.3 Å². The molecule has 0 bridgehead atoms. The van der Waals surface area contributed by atoms with E-state index >= 15 is 0 Å². The van der Waals surface area contributed by atoms with Gasteiger partial charge in [0.2, 0.25) is 5.91 Å². The molecule has 4 heteroatoms. The van der Waals surface area contributed by atoms with Gasteiger partial charge in [-0.05, 0) is 36.6 Å². The van der Waals surface area contributed by atoms with Gasteiger partial charge in [-0.2, -0.15) is 0 Å². The van der Waals surface area contributed by atoms with Gasteiger partial charge in [0.05, 0.1) is 0 Å². The van der Waals surface area contributed by atoms with Crippen molar-refractivity contribution in [2.75, 3.05) is 13.7 Å². The number of carbonyl (C=O) groups is 1. The minimum atomic E-state index is -0.471. The topological polar surface area (TPSA) is 64.3 Å². The maximum absolute atomic E-state index is 11.1. The lowest BCUT2D eigenvalue weighted by Crippen LogP contribution is -2.43. The Balaban J connectivity index is 2.78. The zero-order valence-corrected chi connectivity index (χ0v) is 12.4. The average Bonchev–Trinajstić information content (AvgIpc) is 2.29. The average molecular weight is 264 g/mol. The maximum atomic E-state index is 11.1. The van der Waals surface area contributed by atoms with Gasteiger partial charge >= 0.3 is 0 Å². The molecule has 0 saturated carbocycles. The van der Waals surface area contributed by atoms with Crippen LogP contribution in [0.25, 0.3) is 0 Å². The Bertz CT molecular complexity index is 450. The molecule has 1 aromatic rings. The van der Waals surface area contributed by atoms with Crippen LogP contribution < -0.4 is 15.8 Å². The molecule has 0 aliphatic heterocycles. The molecular formula is C15H24N2O2. The first-order valence-corrected chi connectivity index (χ1v) is 6.46. The number of rotatable bonds is 5. The third-order valence-corrected chi connectivity index (χ3v) is 3.14. The Morgan fingerprint density at radius 3 is 2.47 bits per heavy atom. The molecule has 0 heterocycles. The fraction of sp³-hybridized carbons (Fsp3) is 0.533. The monoisotopic (exact) mass is 264 g/mol. The summed E-state index contributed by atoms with van der Waals surface area (Å²) in [6.07, 6.45) is 0. The Hall–Kier alpha value is -1.55. The first-order chi connectivity index (χ1) is 8.75. The fourth-order valence-electron chi connectivity index (χ4n) is 1.76. The molecule has 0 saturated heterocycles. The highest BCUT2D eigenvalue weighted by atomic mass is 16.5. The van der Waals surface area contributed by atoms with E-state index in [2.05, 4.69) is 38.2 Å². The second kappa shape index (κ2) is 6.06. The van der Waals surface area contributed by atoms with Crippen LogP contribution in [0.15, 0.2) is 18.2 Å². The highest BCUT2D eigenvalue weighted by Crippen LogP contribution is 2.27. The number of primary amides is 1. The smallest absolute Gasteiger partial charge is 0.238 e. The number of carbonyl (C=O) groups excluding carboxylic acids is 1. The van der Waals surface area contributed by atoms with E-state index < -0.39 is 11.9 Å². The van der Waals surface area contributed by atoms with Gasteiger partial charge in [0, 0.05) is 0 Å². The van der Waals surface area contributed by atoms with Gasteiger partial charge in [0.25, 0.3) is 0 Å². The number of nitrogens with two attached hydrogens (primary N) is 1. The molecule has 1 aromatic carbocycles. The van der Waals surface area contributed by atoms with Gasteiger partial charge in [-0.25, -0.2) is 0 Å². The van der Waals surface area contributed by atoms with E-state index in [4.69, 9.17) is 10.5 Å². The molecule has 0 aliphatic rings. The predicted molar refractivity (Wildman–Crippen MR) is 77.4 cm³/mol. The van der Waals surface area contributed by atoms with Crippen LogP contribution in [0.3, 0.4) is 0 Å². The highest BCUT2D eigenvalue weighted by Gasteiger charge is 2.16. The summed E-state index contributed by atoms with van der Waals surface area (Å²) in [5, 5.41) is 2.83. The third-order valence-electron chi connectivity index (χ3n) is 3.14.